The molecule has 0 aliphatic heterocycles. The van der Waals surface area contributed by atoms with Crippen LogP contribution in [0.25, 0.3) is 101 Å². The summed E-state index contributed by atoms with van der Waals surface area (Å²) < 4.78 is 0. The van der Waals surface area contributed by atoms with Gasteiger partial charge in [0, 0.05) is 33.4 Å². The van der Waals surface area contributed by atoms with Gasteiger partial charge in [0.05, 0.1) is 0 Å². The van der Waals surface area contributed by atoms with E-state index in [4.69, 9.17) is 29.9 Å². The Balaban J connectivity index is 0.987. The van der Waals surface area contributed by atoms with Crippen molar-refractivity contribution in [3.05, 3.63) is 204 Å². The van der Waals surface area contributed by atoms with Gasteiger partial charge in [0.15, 0.2) is 34.9 Å². The summed E-state index contributed by atoms with van der Waals surface area (Å²) in [6.07, 6.45) is 0. The largest absolute Gasteiger partial charge is 0.208 e. The van der Waals surface area contributed by atoms with E-state index in [1.807, 2.05) is 24.3 Å². The van der Waals surface area contributed by atoms with Crippen LogP contribution in [0.4, 0.5) is 0 Å². The van der Waals surface area contributed by atoms with Crippen LogP contribution in [0.2, 0.25) is 0 Å². The van der Waals surface area contributed by atoms with Gasteiger partial charge < -0.3 is 0 Å². The van der Waals surface area contributed by atoms with E-state index in [1.54, 1.807) is 0 Å². The highest BCUT2D eigenvalue weighted by molar-refractivity contribution is 6.04. The zero-order chi connectivity index (χ0) is 42.2. The van der Waals surface area contributed by atoms with Gasteiger partial charge in [-0.1, -0.05) is 180 Å². The number of fused-ring (bicyclic) bond motifs is 1. The van der Waals surface area contributed by atoms with Crippen LogP contribution >= 0.6 is 0 Å². The molecule has 0 spiro atoms. The van der Waals surface area contributed by atoms with Gasteiger partial charge in [0.25, 0.3) is 0 Å². The molecule has 0 aliphatic carbocycles. The minimum absolute atomic E-state index is 0.637. The van der Waals surface area contributed by atoms with E-state index in [0.29, 0.717) is 34.9 Å². The van der Waals surface area contributed by atoms with E-state index in [2.05, 4.69) is 185 Å². The van der Waals surface area contributed by atoms with E-state index >= 15 is 0 Å². The SMILES string of the molecule is Cc1cccc(-c2nc(-c3ccc(-c4cccc5c(-c6ccc(-c7nc(-c8cccc(C)c8)nc(-c8cccc(C)c8)n7)cc6)cccc45)cc3)nc(-c3cccc(C)c3)n2)c1. The average Bonchev–Trinajstić information content (AvgIpc) is 3.31. The molecule has 10 aromatic rings. The van der Waals surface area contributed by atoms with E-state index in [9.17, 15) is 0 Å². The third kappa shape index (κ3) is 7.78. The number of hydrogen-bond donors (Lipinski definition) is 0. The van der Waals surface area contributed by atoms with Crippen LogP contribution in [-0.2, 0) is 0 Å². The quantitative estimate of drug-likeness (QED) is 0.152. The number of rotatable bonds is 8. The van der Waals surface area contributed by atoms with Gasteiger partial charge in [-0.25, -0.2) is 29.9 Å². The zero-order valence-corrected chi connectivity index (χ0v) is 35.0. The van der Waals surface area contributed by atoms with Crippen molar-refractivity contribution in [1.82, 2.24) is 29.9 Å². The second-order valence-corrected chi connectivity index (χ2v) is 16.0. The summed E-state index contributed by atoms with van der Waals surface area (Å²) in [6.45, 7) is 8.34. The first-order valence-electron chi connectivity index (χ1n) is 20.8. The van der Waals surface area contributed by atoms with Crippen molar-refractivity contribution in [2.45, 2.75) is 27.7 Å². The van der Waals surface area contributed by atoms with Crippen LogP contribution in [0.5, 0.6) is 0 Å². The molecule has 6 heteroatoms. The van der Waals surface area contributed by atoms with Crippen molar-refractivity contribution in [2.75, 3.05) is 0 Å². The van der Waals surface area contributed by atoms with Crippen molar-refractivity contribution in [3.8, 4) is 90.6 Å². The summed E-state index contributed by atoms with van der Waals surface area (Å²) in [4.78, 5) is 29.9. The molecular formula is C56H42N6. The zero-order valence-electron chi connectivity index (χ0n) is 35.0. The summed E-state index contributed by atoms with van der Waals surface area (Å²) in [7, 11) is 0. The topological polar surface area (TPSA) is 77.3 Å². The Labute approximate surface area is 361 Å². The second kappa shape index (κ2) is 16.2. The van der Waals surface area contributed by atoms with Gasteiger partial charge in [0.1, 0.15) is 0 Å². The maximum Gasteiger partial charge on any atom is 0.164 e. The lowest BCUT2D eigenvalue weighted by Gasteiger charge is -2.13. The Morgan fingerprint density at radius 1 is 0.226 bits per heavy atom. The standard InChI is InChI=1S/C56H42N6/c1-35-11-5-15-43(31-35)53-57-51(58-54(61-53)44-16-6-12-36(2)32-44)41-27-23-39(24-28-41)47-19-9-22-50-48(20-10-21-49(47)50)40-25-29-42(30-26-40)52-59-55(45-17-7-13-37(3)33-45)62-56(60-52)46-18-8-14-38(4)34-46/h5-34H,1-4H3. The Hall–Kier alpha value is -7.96. The number of aryl methyl sites for hydroxylation is 4. The molecule has 0 saturated heterocycles. The van der Waals surface area contributed by atoms with Gasteiger partial charge in [-0.05, 0) is 85.0 Å². The maximum absolute atomic E-state index is 5.00. The summed E-state index contributed by atoms with van der Waals surface area (Å²) in [5, 5.41) is 2.35. The maximum atomic E-state index is 5.00. The number of nitrogens with zero attached hydrogens (tertiary/aromatic N) is 6. The predicted molar refractivity (Wildman–Crippen MR) is 253 cm³/mol. The minimum atomic E-state index is 0.637. The number of benzene rings is 8. The lowest BCUT2D eigenvalue weighted by atomic mass is 9.92. The summed E-state index contributed by atoms with van der Waals surface area (Å²) >= 11 is 0. The lowest BCUT2D eigenvalue weighted by Crippen LogP contribution is -2.00. The average molecular weight is 799 g/mol. The molecule has 0 bridgehead atoms. The normalized spacial score (nSPS) is 11.2. The lowest BCUT2D eigenvalue weighted by molar-refractivity contribution is 1.07. The van der Waals surface area contributed by atoms with Gasteiger partial charge in [0.2, 0.25) is 0 Å². The van der Waals surface area contributed by atoms with Crippen LogP contribution in [0.15, 0.2) is 182 Å². The third-order valence-electron chi connectivity index (χ3n) is 11.2. The van der Waals surface area contributed by atoms with Crippen LogP contribution < -0.4 is 0 Å². The fourth-order valence-electron chi connectivity index (χ4n) is 8.07. The van der Waals surface area contributed by atoms with E-state index < -0.39 is 0 Å². The van der Waals surface area contributed by atoms with E-state index in [0.717, 1.165) is 77.9 Å². The van der Waals surface area contributed by atoms with Crippen LogP contribution in [0, 0.1) is 27.7 Å². The van der Waals surface area contributed by atoms with Crippen LogP contribution in [0.3, 0.4) is 0 Å². The highest BCUT2D eigenvalue weighted by Gasteiger charge is 2.16. The molecule has 10 rings (SSSR count). The molecule has 0 fully saturated rings. The highest BCUT2D eigenvalue weighted by Crippen LogP contribution is 2.37. The molecule has 0 N–H and O–H groups in total. The van der Waals surface area contributed by atoms with Gasteiger partial charge >= 0.3 is 0 Å². The Morgan fingerprint density at radius 2 is 0.468 bits per heavy atom. The Morgan fingerprint density at radius 3 is 0.742 bits per heavy atom. The fourth-order valence-corrected chi connectivity index (χ4v) is 8.07. The second-order valence-electron chi connectivity index (χ2n) is 16.0. The number of hydrogen-bond acceptors (Lipinski definition) is 6. The Bertz CT molecular complexity index is 2930. The molecule has 0 radical (unpaired) electrons. The van der Waals surface area contributed by atoms with Crippen LogP contribution in [0.1, 0.15) is 22.3 Å². The molecule has 6 nitrogen and oxygen atoms in total. The molecule has 0 unspecified atom stereocenters. The van der Waals surface area contributed by atoms with Crippen LogP contribution in [-0.4, -0.2) is 29.9 Å². The molecule has 0 atom stereocenters. The summed E-state index contributed by atoms with van der Waals surface area (Å²) in [6, 6.07) is 63.4. The molecule has 2 aromatic heterocycles. The van der Waals surface area contributed by atoms with Crippen molar-refractivity contribution in [2.24, 2.45) is 0 Å². The third-order valence-corrected chi connectivity index (χ3v) is 11.2. The first-order valence-corrected chi connectivity index (χ1v) is 20.8. The van der Waals surface area contributed by atoms with E-state index in [1.165, 1.54) is 10.8 Å². The molecular weight excluding hydrogens is 757 g/mol. The molecule has 2 heterocycles. The molecule has 0 amide bonds. The minimum Gasteiger partial charge on any atom is -0.208 e. The van der Waals surface area contributed by atoms with Gasteiger partial charge in [-0.2, -0.15) is 0 Å². The first kappa shape index (κ1) is 38.3. The van der Waals surface area contributed by atoms with Crippen molar-refractivity contribution >= 4 is 10.8 Å². The van der Waals surface area contributed by atoms with Gasteiger partial charge in [-0.15, -0.1) is 0 Å². The number of aromatic nitrogens is 6. The highest BCUT2D eigenvalue weighted by atomic mass is 15.0. The van der Waals surface area contributed by atoms with E-state index in [-0.39, 0.29) is 0 Å². The summed E-state index contributed by atoms with van der Waals surface area (Å²) in [5.41, 5.74) is 14.9. The predicted octanol–water partition coefficient (Wildman–Crippen LogP) is 13.8. The van der Waals surface area contributed by atoms with Crippen molar-refractivity contribution in [1.29, 1.82) is 0 Å². The fraction of sp³-hybridized carbons (Fsp3) is 0.0714. The summed E-state index contributed by atoms with van der Waals surface area (Å²) in [5.74, 6) is 3.89. The van der Waals surface area contributed by atoms with Gasteiger partial charge in [-0.3, -0.25) is 0 Å². The molecule has 0 aliphatic rings. The monoisotopic (exact) mass is 798 g/mol. The first-order chi connectivity index (χ1) is 30.3. The molecule has 296 valence electrons. The Kier molecular flexibility index (Phi) is 10.0. The molecule has 8 aromatic carbocycles. The van der Waals surface area contributed by atoms with Crippen molar-refractivity contribution in [3.63, 3.8) is 0 Å². The smallest absolute Gasteiger partial charge is 0.164 e. The molecule has 0 saturated carbocycles. The van der Waals surface area contributed by atoms with Crippen molar-refractivity contribution < 1.29 is 0 Å². The molecule has 62 heavy (non-hydrogen) atoms.